The first-order valence-electron chi connectivity index (χ1n) is 5.22. The van der Waals surface area contributed by atoms with E-state index in [1.165, 1.54) is 0 Å². The maximum atomic E-state index is 5.18. The maximum Gasteiger partial charge on any atom is 0.119 e. The van der Waals surface area contributed by atoms with Gasteiger partial charge in [0.15, 0.2) is 0 Å². The molecule has 0 spiro atoms. The molecule has 17 heavy (non-hydrogen) atoms. The first-order valence-corrected chi connectivity index (χ1v) is 6.01. The summed E-state index contributed by atoms with van der Waals surface area (Å²) in [4.78, 5) is 4.03. The molecule has 0 aliphatic carbocycles. The predicted molar refractivity (Wildman–Crippen MR) is 73.0 cm³/mol. The van der Waals surface area contributed by atoms with Gasteiger partial charge in [0.25, 0.3) is 0 Å². The van der Waals surface area contributed by atoms with Crippen LogP contribution in [0, 0.1) is 6.92 Å². The number of aryl methyl sites for hydroxylation is 1. The molecule has 1 aromatic carbocycles. The molecule has 0 amide bonds. The Labute approximate surface area is 109 Å². The van der Waals surface area contributed by atoms with Crippen LogP contribution in [0.3, 0.4) is 0 Å². The molecule has 1 aromatic heterocycles. The van der Waals surface area contributed by atoms with E-state index in [9.17, 15) is 0 Å². The Hall–Kier alpha value is -1.55. The lowest BCUT2D eigenvalue weighted by atomic mass is 10.2. The number of methoxy groups -OCH3 is 1. The van der Waals surface area contributed by atoms with Crippen LogP contribution in [-0.2, 0) is 0 Å². The van der Waals surface area contributed by atoms with Crippen molar-refractivity contribution >= 4 is 27.3 Å². The minimum atomic E-state index is 0.863. The Kier molecular flexibility index (Phi) is 3.64. The van der Waals surface area contributed by atoms with E-state index in [-0.39, 0.29) is 0 Å². The molecular weight excluding hydrogens is 280 g/mol. The summed E-state index contributed by atoms with van der Waals surface area (Å²) in [5, 5.41) is 3.35. The van der Waals surface area contributed by atoms with Crippen molar-refractivity contribution < 1.29 is 4.74 Å². The summed E-state index contributed by atoms with van der Waals surface area (Å²) >= 11 is 3.46. The van der Waals surface area contributed by atoms with Gasteiger partial charge in [0.1, 0.15) is 5.75 Å². The third-order valence-electron chi connectivity index (χ3n) is 2.48. The lowest BCUT2D eigenvalue weighted by molar-refractivity contribution is 0.414. The largest absolute Gasteiger partial charge is 0.497 e. The number of ether oxygens (including phenoxy) is 1. The Morgan fingerprint density at radius 2 is 2.06 bits per heavy atom. The van der Waals surface area contributed by atoms with Gasteiger partial charge in [0, 0.05) is 18.1 Å². The highest BCUT2D eigenvalue weighted by molar-refractivity contribution is 9.10. The van der Waals surface area contributed by atoms with Crippen molar-refractivity contribution in [2.75, 3.05) is 12.4 Å². The van der Waals surface area contributed by atoms with Gasteiger partial charge in [-0.1, -0.05) is 0 Å². The molecule has 0 bridgehead atoms. The van der Waals surface area contributed by atoms with Crippen molar-refractivity contribution in [1.29, 1.82) is 0 Å². The fourth-order valence-corrected chi connectivity index (χ4v) is 1.87. The maximum absolute atomic E-state index is 5.18. The van der Waals surface area contributed by atoms with Gasteiger partial charge in [0.05, 0.1) is 17.3 Å². The molecule has 0 fully saturated rings. The van der Waals surface area contributed by atoms with Crippen LogP contribution in [0.5, 0.6) is 5.75 Å². The van der Waals surface area contributed by atoms with E-state index >= 15 is 0 Å². The Morgan fingerprint density at radius 1 is 1.24 bits per heavy atom. The number of hydrogen-bond acceptors (Lipinski definition) is 3. The smallest absolute Gasteiger partial charge is 0.119 e. The Morgan fingerprint density at radius 3 is 2.71 bits per heavy atom. The number of nitrogens with one attached hydrogen (secondary N) is 1. The normalized spacial score (nSPS) is 10.1. The van der Waals surface area contributed by atoms with Crippen molar-refractivity contribution in [3.63, 3.8) is 0 Å². The zero-order chi connectivity index (χ0) is 12.3. The first kappa shape index (κ1) is 11.9. The second kappa shape index (κ2) is 5.19. The number of halogens is 1. The third-order valence-corrected chi connectivity index (χ3v) is 3.11. The molecule has 0 unspecified atom stereocenters. The van der Waals surface area contributed by atoms with Gasteiger partial charge >= 0.3 is 0 Å². The summed E-state index contributed by atoms with van der Waals surface area (Å²) < 4.78 is 6.12. The average molecular weight is 293 g/mol. The van der Waals surface area contributed by atoms with Gasteiger partial charge in [0.2, 0.25) is 0 Å². The molecule has 0 aliphatic heterocycles. The molecule has 1 N–H and O–H groups in total. The predicted octanol–water partition coefficient (Wildman–Crippen LogP) is 3.90. The van der Waals surface area contributed by atoms with E-state index in [1.807, 2.05) is 31.2 Å². The summed E-state index contributed by atoms with van der Waals surface area (Å²) in [6.07, 6.45) is 3.52. The first-order chi connectivity index (χ1) is 8.20. The summed E-state index contributed by atoms with van der Waals surface area (Å²) in [5.41, 5.74) is 3.18. The van der Waals surface area contributed by atoms with Gasteiger partial charge < -0.3 is 10.1 Å². The highest BCUT2D eigenvalue weighted by Gasteiger charge is 2.03. The van der Waals surface area contributed by atoms with Crippen LogP contribution in [0.1, 0.15) is 5.56 Å². The zero-order valence-electron chi connectivity index (χ0n) is 9.70. The quantitative estimate of drug-likeness (QED) is 0.931. The molecule has 3 nitrogen and oxygen atoms in total. The minimum absolute atomic E-state index is 0.863. The van der Waals surface area contributed by atoms with E-state index < -0.39 is 0 Å². The molecular formula is C13H13BrN2O. The van der Waals surface area contributed by atoms with Crippen LogP contribution in [0.2, 0.25) is 0 Å². The summed E-state index contributed by atoms with van der Waals surface area (Å²) in [7, 11) is 1.67. The van der Waals surface area contributed by atoms with Gasteiger partial charge in [-0.2, -0.15) is 0 Å². The highest BCUT2D eigenvalue weighted by Crippen LogP contribution is 2.28. The second-order valence-electron chi connectivity index (χ2n) is 3.66. The van der Waals surface area contributed by atoms with E-state index in [4.69, 9.17) is 4.74 Å². The molecule has 88 valence electrons. The number of aromatic nitrogens is 1. The van der Waals surface area contributed by atoms with Crippen molar-refractivity contribution in [2.24, 2.45) is 0 Å². The zero-order valence-corrected chi connectivity index (χ0v) is 11.3. The molecule has 0 atom stereocenters. The van der Waals surface area contributed by atoms with E-state index in [1.54, 1.807) is 19.5 Å². The molecule has 0 saturated carbocycles. The van der Waals surface area contributed by atoms with Crippen molar-refractivity contribution in [3.05, 3.63) is 46.7 Å². The fraction of sp³-hybridized carbons (Fsp3) is 0.154. The number of nitrogens with zero attached hydrogens (tertiary/aromatic N) is 1. The van der Waals surface area contributed by atoms with Crippen LogP contribution < -0.4 is 10.1 Å². The third kappa shape index (κ3) is 2.77. The number of rotatable bonds is 3. The summed E-state index contributed by atoms with van der Waals surface area (Å²) in [6.45, 7) is 2.04. The molecule has 4 heteroatoms. The van der Waals surface area contributed by atoms with Crippen LogP contribution in [0.15, 0.2) is 41.1 Å². The fourth-order valence-electron chi connectivity index (χ4n) is 1.53. The van der Waals surface area contributed by atoms with Crippen LogP contribution >= 0.6 is 15.9 Å². The topological polar surface area (TPSA) is 34.1 Å². The van der Waals surface area contributed by atoms with Gasteiger partial charge in [-0.3, -0.25) is 4.98 Å². The highest BCUT2D eigenvalue weighted by atomic mass is 79.9. The number of anilines is 2. The number of benzene rings is 1. The summed E-state index contributed by atoms with van der Waals surface area (Å²) in [5.74, 6) is 0.863. The van der Waals surface area contributed by atoms with E-state index in [0.717, 1.165) is 27.2 Å². The van der Waals surface area contributed by atoms with Crippen molar-refractivity contribution in [2.45, 2.75) is 6.92 Å². The Bertz CT molecular complexity index is 529. The SMILES string of the molecule is COc1ccc(Nc2ccncc2Br)c(C)c1. The Balaban J connectivity index is 2.28. The van der Waals surface area contributed by atoms with Gasteiger partial charge in [-0.25, -0.2) is 0 Å². The lowest BCUT2D eigenvalue weighted by Gasteiger charge is -2.11. The van der Waals surface area contributed by atoms with E-state index in [0.29, 0.717) is 0 Å². The van der Waals surface area contributed by atoms with Crippen molar-refractivity contribution in [3.8, 4) is 5.75 Å². The van der Waals surface area contributed by atoms with Crippen LogP contribution in [0.25, 0.3) is 0 Å². The van der Waals surface area contributed by atoms with E-state index in [2.05, 4.69) is 26.2 Å². The van der Waals surface area contributed by atoms with Gasteiger partial charge in [-0.15, -0.1) is 0 Å². The average Bonchev–Trinajstić information content (AvgIpc) is 2.34. The molecule has 0 aliphatic rings. The summed E-state index contributed by atoms with van der Waals surface area (Å²) in [6, 6.07) is 7.86. The molecule has 0 saturated heterocycles. The number of hydrogen-bond donors (Lipinski definition) is 1. The second-order valence-corrected chi connectivity index (χ2v) is 4.52. The van der Waals surface area contributed by atoms with Crippen molar-refractivity contribution in [1.82, 2.24) is 4.98 Å². The minimum Gasteiger partial charge on any atom is -0.497 e. The van der Waals surface area contributed by atoms with Gasteiger partial charge in [-0.05, 0) is 52.7 Å². The van der Waals surface area contributed by atoms with Crippen LogP contribution in [0.4, 0.5) is 11.4 Å². The molecule has 1 heterocycles. The molecule has 2 aromatic rings. The van der Waals surface area contributed by atoms with Crippen LogP contribution in [-0.4, -0.2) is 12.1 Å². The standard InChI is InChI=1S/C13H13BrN2O/c1-9-7-10(17-2)3-4-12(9)16-13-5-6-15-8-11(13)14/h3-8H,1-2H3,(H,15,16). The molecule has 2 rings (SSSR count). The number of pyridine rings is 1. The monoisotopic (exact) mass is 292 g/mol. The molecule has 0 radical (unpaired) electrons. The lowest BCUT2D eigenvalue weighted by Crippen LogP contribution is -1.95.